The first kappa shape index (κ1) is 26.1. The lowest BCUT2D eigenvalue weighted by molar-refractivity contribution is -0.138. The van der Waals surface area contributed by atoms with Gasteiger partial charge in [-0.2, -0.15) is 36.5 Å². The van der Waals surface area contributed by atoms with Crippen LogP contribution < -0.4 is 10.9 Å². The molecule has 0 unspecified atom stereocenters. The van der Waals surface area contributed by atoms with Gasteiger partial charge in [-0.1, -0.05) is 36.4 Å². The summed E-state index contributed by atoms with van der Waals surface area (Å²) in [4.78, 5) is 24.4. The van der Waals surface area contributed by atoms with Gasteiger partial charge in [0, 0.05) is 22.3 Å². The Hall–Kier alpha value is -4.48. The molecule has 0 saturated carbocycles. The topological polar surface area (TPSA) is 82.9 Å². The number of halogens is 6. The maximum absolute atomic E-state index is 13.0. The third-order valence-corrected chi connectivity index (χ3v) is 4.68. The molecule has 2 amide bonds. The van der Waals surface area contributed by atoms with E-state index in [-0.39, 0.29) is 22.3 Å². The third-order valence-electron chi connectivity index (χ3n) is 4.68. The number of nitrogens with one attached hydrogen (secondary N) is 2. The molecule has 0 spiro atoms. The van der Waals surface area contributed by atoms with Crippen molar-refractivity contribution >= 4 is 24.2 Å². The van der Waals surface area contributed by atoms with Crippen LogP contribution in [0.4, 0.5) is 26.3 Å². The van der Waals surface area contributed by atoms with Crippen molar-refractivity contribution in [3.05, 3.63) is 106 Å². The molecule has 0 heterocycles. The quantitative estimate of drug-likeness (QED) is 0.272. The van der Waals surface area contributed by atoms with Crippen molar-refractivity contribution in [2.45, 2.75) is 12.4 Å². The summed E-state index contributed by atoms with van der Waals surface area (Å²) in [5, 5.41) is 7.08. The molecule has 6 nitrogen and oxygen atoms in total. The van der Waals surface area contributed by atoms with Crippen LogP contribution in [0.3, 0.4) is 0 Å². The molecule has 0 aliphatic carbocycles. The summed E-state index contributed by atoms with van der Waals surface area (Å²) in [6.45, 7) is 0. The van der Waals surface area contributed by atoms with Crippen molar-refractivity contribution in [2.24, 2.45) is 10.2 Å². The minimum atomic E-state index is -4.59. The van der Waals surface area contributed by atoms with E-state index >= 15 is 0 Å². The van der Waals surface area contributed by atoms with E-state index in [1.807, 2.05) is 0 Å². The van der Waals surface area contributed by atoms with Crippen LogP contribution in [0.25, 0.3) is 0 Å². The average Bonchev–Trinajstić information content (AvgIpc) is 2.83. The van der Waals surface area contributed by atoms with Gasteiger partial charge in [-0.3, -0.25) is 9.59 Å². The number of nitrogens with zero attached hydrogens (tertiary/aromatic N) is 2. The van der Waals surface area contributed by atoms with E-state index < -0.39 is 35.3 Å². The molecular weight excluding hydrogens is 490 g/mol. The first-order valence-electron chi connectivity index (χ1n) is 10.1. The molecule has 0 aliphatic rings. The lowest BCUT2D eigenvalue weighted by Crippen LogP contribution is -2.20. The van der Waals surface area contributed by atoms with Crippen LogP contribution in [0, 0.1) is 0 Å². The van der Waals surface area contributed by atoms with Crippen molar-refractivity contribution in [3.63, 3.8) is 0 Å². The number of hydrogen-bond donors (Lipinski definition) is 2. The van der Waals surface area contributed by atoms with E-state index in [9.17, 15) is 35.9 Å². The Bertz CT molecular complexity index is 1200. The van der Waals surface area contributed by atoms with Gasteiger partial charge in [-0.25, -0.2) is 10.9 Å². The number of carbonyl (C=O) groups is 2. The maximum Gasteiger partial charge on any atom is 0.417 e. The average molecular weight is 506 g/mol. The van der Waals surface area contributed by atoms with E-state index in [0.29, 0.717) is 0 Å². The lowest BCUT2D eigenvalue weighted by Gasteiger charge is -2.09. The second-order valence-electron chi connectivity index (χ2n) is 7.15. The molecule has 0 fully saturated rings. The Morgan fingerprint density at radius 2 is 0.917 bits per heavy atom. The number of alkyl halides is 6. The number of amides is 2. The van der Waals surface area contributed by atoms with Crippen LogP contribution >= 0.6 is 0 Å². The highest BCUT2D eigenvalue weighted by molar-refractivity contribution is 5.98. The van der Waals surface area contributed by atoms with Crippen molar-refractivity contribution in [3.8, 4) is 0 Å². The highest BCUT2D eigenvalue weighted by Gasteiger charge is 2.33. The highest BCUT2D eigenvalue weighted by Crippen LogP contribution is 2.31. The molecule has 12 heteroatoms. The smallest absolute Gasteiger partial charge is 0.267 e. The monoisotopic (exact) mass is 506 g/mol. The van der Waals surface area contributed by atoms with Gasteiger partial charge < -0.3 is 0 Å². The van der Waals surface area contributed by atoms with E-state index in [1.165, 1.54) is 60.7 Å². The Balaban J connectivity index is 1.60. The zero-order chi connectivity index (χ0) is 26.3. The molecule has 0 saturated heterocycles. The first-order valence-corrected chi connectivity index (χ1v) is 10.1. The molecule has 3 aromatic carbocycles. The van der Waals surface area contributed by atoms with E-state index in [1.54, 1.807) is 0 Å². The van der Waals surface area contributed by atoms with E-state index in [2.05, 4.69) is 21.1 Å². The summed E-state index contributed by atoms with van der Waals surface area (Å²) in [5.41, 5.74) is 1.98. The molecule has 0 bridgehead atoms. The van der Waals surface area contributed by atoms with Gasteiger partial charge in [0.2, 0.25) is 0 Å². The molecule has 36 heavy (non-hydrogen) atoms. The minimum absolute atomic E-state index is 0.0513. The zero-order valence-electron chi connectivity index (χ0n) is 18.1. The molecule has 0 aromatic heterocycles. The van der Waals surface area contributed by atoms with E-state index in [4.69, 9.17) is 0 Å². The molecule has 186 valence electrons. The fourth-order valence-electron chi connectivity index (χ4n) is 2.96. The fourth-order valence-corrected chi connectivity index (χ4v) is 2.96. The first-order chi connectivity index (χ1) is 17.0. The van der Waals surface area contributed by atoms with Crippen LogP contribution in [0.15, 0.2) is 83.0 Å². The van der Waals surface area contributed by atoms with Crippen LogP contribution in [0.2, 0.25) is 0 Å². The number of carbonyl (C=O) groups excluding carboxylic acids is 2. The summed E-state index contributed by atoms with van der Waals surface area (Å²) in [6.07, 6.45) is -7.46. The van der Waals surface area contributed by atoms with Gasteiger partial charge in [0.05, 0.1) is 23.6 Å². The lowest BCUT2D eigenvalue weighted by atomic mass is 10.1. The summed E-state index contributed by atoms with van der Waals surface area (Å²) in [7, 11) is 0. The van der Waals surface area contributed by atoms with Gasteiger partial charge in [0.15, 0.2) is 0 Å². The number of benzene rings is 3. The molecule has 0 aliphatic heterocycles. The summed E-state index contributed by atoms with van der Waals surface area (Å²) in [5.74, 6) is -1.49. The minimum Gasteiger partial charge on any atom is -0.267 e. The Labute approximate surface area is 200 Å². The van der Waals surface area contributed by atoms with Gasteiger partial charge in [-0.05, 0) is 36.4 Å². The van der Waals surface area contributed by atoms with Gasteiger partial charge in [0.25, 0.3) is 11.8 Å². The molecule has 0 atom stereocenters. The SMILES string of the molecule is O=C(N/N=C/c1ccccc1C(F)(F)F)c1ccc(C(=O)N/N=C/c2ccccc2C(F)(F)F)cc1. The second kappa shape index (κ2) is 10.8. The molecule has 0 radical (unpaired) electrons. The normalized spacial score (nSPS) is 12.2. The number of hydrazone groups is 2. The third kappa shape index (κ3) is 6.78. The fraction of sp³-hybridized carbons (Fsp3) is 0.0833. The Morgan fingerprint density at radius 1 is 0.583 bits per heavy atom. The van der Waals surface area contributed by atoms with Crippen LogP contribution in [-0.2, 0) is 12.4 Å². The molecule has 2 N–H and O–H groups in total. The van der Waals surface area contributed by atoms with Crippen molar-refractivity contribution in [2.75, 3.05) is 0 Å². The zero-order valence-corrected chi connectivity index (χ0v) is 18.1. The van der Waals surface area contributed by atoms with Gasteiger partial charge in [0.1, 0.15) is 0 Å². The summed E-state index contributed by atoms with van der Waals surface area (Å²) < 4.78 is 78.0. The van der Waals surface area contributed by atoms with Crippen LogP contribution in [-0.4, -0.2) is 24.2 Å². The standard InChI is InChI=1S/C24H16F6N4O2/c25-23(26,27)19-7-3-1-5-17(19)13-31-33-21(35)15-9-11-16(12-10-15)22(36)34-32-14-18-6-2-4-8-20(18)24(28,29)30/h1-14H,(H,33,35)(H,34,36)/b31-13+,32-14+. The summed E-state index contributed by atoms with van der Waals surface area (Å²) >= 11 is 0. The molecular formula is C24H16F6N4O2. The largest absolute Gasteiger partial charge is 0.417 e. The predicted molar refractivity (Wildman–Crippen MR) is 119 cm³/mol. The van der Waals surface area contributed by atoms with E-state index in [0.717, 1.165) is 24.6 Å². The molecule has 3 rings (SSSR count). The predicted octanol–water partition coefficient (Wildman–Crippen LogP) is 5.25. The van der Waals surface area contributed by atoms with Crippen LogP contribution in [0.1, 0.15) is 43.0 Å². The van der Waals surface area contributed by atoms with Crippen LogP contribution in [0.5, 0.6) is 0 Å². The van der Waals surface area contributed by atoms with Crippen molar-refractivity contribution in [1.29, 1.82) is 0 Å². The number of rotatable bonds is 6. The van der Waals surface area contributed by atoms with Crippen molar-refractivity contribution in [1.82, 2.24) is 10.9 Å². The van der Waals surface area contributed by atoms with Gasteiger partial charge in [-0.15, -0.1) is 0 Å². The Kier molecular flexibility index (Phi) is 7.87. The second-order valence-corrected chi connectivity index (χ2v) is 7.15. The Morgan fingerprint density at radius 3 is 1.25 bits per heavy atom. The van der Waals surface area contributed by atoms with Crippen molar-refractivity contribution < 1.29 is 35.9 Å². The highest BCUT2D eigenvalue weighted by atomic mass is 19.4. The molecule has 3 aromatic rings. The summed E-state index contributed by atoms with van der Waals surface area (Å²) in [6, 6.07) is 14.4. The van der Waals surface area contributed by atoms with Gasteiger partial charge >= 0.3 is 12.4 Å². The number of hydrogen-bond acceptors (Lipinski definition) is 4. The maximum atomic E-state index is 13.0.